The molecule has 0 saturated carbocycles. The van der Waals surface area contributed by atoms with E-state index in [0.29, 0.717) is 18.7 Å². The lowest BCUT2D eigenvalue weighted by atomic mass is 10.1. The van der Waals surface area contributed by atoms with E-state index in [-0.39, 0.29) is 10.6 Å². The predicted octanol–water partition coefficient (Wildman–Crippen LogP) is 2.49. The molecule has 116 valence electrons. The van der Waals surface area contributed by atoms with E-state index in [0.717, 1.165) is 36.6 Å². The zero-order valence-corrected chi connectivity index (χ0v) is 12.6. The van der Waals surface area contributed by atoms with E-state index in [2.05, 4.69) is 20.1 Å². The summed E-state index contributed by atoms with van der Waals surface area (Å²) in [5.41, 5.74) is 1.54. The normalized spacial score (nSPS) is 13.7. The maximum atomic E-state index is 11.1. The van der Waals surface area contributed by atoms with Crippen molar-refractivity contribution in [2.75, 3.05) is 11.9 Å². The molecule has 2 heterocycles. The quantitative estimate of drug-likeness (QED) is 0.677. The van der Waals surface area contributed by atoms with E-state index in [4.69, 9.17) is 0 Å². The van der Waals surface area contributed by atoms with Crippen molar-refractivity contribution in [1.29, 1.82) is 0 Å². The van der Waals surface area contributed by atoms with Gasteiger partial charge in [-0.25, -0.2) is 0 Å². The molecule has 7 heteroatoms. The fraction of sp³-hybridized carbons (Fsp3) is 0.467. The molecule has 0 radical (unpaired) electrons. The predicted molar refractivity (Wildman–Crippen MR) is 83.0 cm³/mol. The van der Waals surface area contributed by atoms with E-state index in [1.165, 1.54) is 6.42 Å². The van der Waals surface area contributed by atoms with Crippen LogP contribution in [0.5, 0.6) is 0 Å². The van der Waals surface area contributed by atoms with Crippen LogP contribution in [-0.4, -0.2) is 26.2 Å². The van der Waals surface area contributed by atoms with Crippen LogP contribution >= 0.6 is 0 Å². The number of benzene rings is 1. The van der Waals surface area contributed by atoms with E-state index < -0.39 is 0 Å². The number of nitrogens with one attached hydrogen (secondary N) is 1. The molecule has 1 aromatic carbocycles. The zero-order valence-electron chi connectivity index (χ0n) is 12.6. The van der Waals surface area contributed by atoms with E-state index in [1.54, 1.807) is 12.1 Å². The molecule has 1 aliphatic rings. The maximum Gasteiger partial charge on any atom is 0.292 e. The fourth-order valence-corrected chi connectivity index (χ4v) is 2.80. The van der Waals surface area contributed by atoms with Crippen molar-refractivity contribution in [3.05, 3.63) is 45.5 Å². The Hall–Kier alpha value is -2.44. The topological polar surface area (TPSA) is 85.9 Å². The van der Waals surface area contributed by atoms with Gasteiger partial charge in [-0.2, -0.15) is 0 Å². The van der Waals surface area contributed by atoms with Gasteiger partial charge in [0, 0.05) is 32.0 Å². The maximum absolute atomic E-state index is 11.1. The first-order valence-corrected chi connectivity index (χ1v) is 7.55. The lowest BCUT2D eigenvalue weighted by Crippen LogP contribution is -2.16. The number of nitrogens with zero attached hydrogens (tertiary/aromatic N) is 4. The van der Waals surface area contributed by atoms with Gasteiger partial charge in [-0.3, -0.25) is 10.1 Å². The van der Waals surface area contributed by atoms with Crippen molar-refractivity contribution in [2.45, 2.75) is 39.2 Å². The third kappa shape index (κ3) is 2.93. The number of hydrogen-bond acceptors (Lipinski definition) is 5. The van der Waals surface area contributed by atoms with Crippen molar-refractivity contribution in [1.82, 2.24) is 14.8 Å². The molecule has 0 aliphatic carbocycles. The highest BCUT2D eigenvalue weighted by Crippen LogP contribution is 2.25. The van der Waals surface area contributed by atoms with Gasteiger partial charge in [-0.1, -0.05) is 6.07 Å². The fourth-order valence-electron chi connectivity index (χ4n) is 2.80. The molecular formula is C15H19N5O2. The molecule has 1 N–H and O–H groups in total. The summed E-state index contributed by atoms with van der Waals surface area (Å²) in [4.78, 5) is 10.7. The van der Waals surface area contributed by atoms with E-state index >= 15 is 0 Å². The van der Waals surface area contributed by atoms with Crippen molar-refractivity contribution >= 4 is 11.4 Å². The first kappa shape index (κ1) is 14.5. The molecule has 7 nitrogen and oxygen atoms in total. The zero-order chi connectivity index (χ0) is 15.5. The van der Waals surface area contributed by atoms with Gasteiger partial charge < -0.3 is 9.88 Å². The van der Waals surface area contributed by atoms with Gasteiger partial charge in [0.05, 0.1) is 4.92 Å². The lowest BCUT2D eigenvalue weighted by Gasteiger charge is -2.15. The largest absolute Gasteiger partial charge is 0.379 e. The molecule has 0 saturated heterocycles. The second kappa shape index (κ2) is 6.13. The van der Waals surface area contributed by atoms with Gasteiger partial charge in [0.15, 0.2) is 0 Å². The average Bonchev–Trinajstić information content (AvgIpc) is 2.92. The SMILES string of the molecule is Cc1ccc(NCCc2nnc3n2CCCC3)c([N+](=O)[O-])c1. The monoisotopic (exact) mass is 301 g/mol. The number of fused-ring (bicyclic) bond motifs is 1. The van der Waals surface area contributed by atoms with Gasteiger partial charge >= 0.3 is 0 Å². The number of aryl methyl sites for hydroxylation is 2. The standard InChI is InChI=1S/C15H19N5O2/c1-11-5-6-12(13(10-11)20(21)22)16-8-7-15-18-17-14-4-2-3-9-19(14)15/h5-6,10,16H,2-4,7-9H2,1H3. The molecule has 3 rings (SSSR count). The van der Waals surface area contributed by atoms with Crippen LogP contribution in [0.4, 0.5) is 11.4 Å². The van der Waals surface area contributed by atoms with Gasteiger partial charge in [-0.15, -0.1) is 10.2 Å². The number of nitro benzene ring substituents is 1. The smallest absolute Gasteiger partial charge is 0.292 e. The number of aromatic nitrogens is 3. The first-order chi connectivity index (χ1) is 10.6. The summed E-state index contributed by atoms with van der Waals surface area (Å²) in [6.45, 7) is 3.42. The summed E-state index contributed by atoms with van der Waals surface area (Å²) in [6, 6.07) is 5.21. The summed E-state index contributed by atoms with van der Waals surface area (Å²) in [5.74, 6) is 2.01. The highest BCUT2D eigenvalue weighted by atomic mass is 16.6. The minimum absolute atomic E-state index is 0.114. The molecule has 1 aromatic heterocycles. The van der Waals surface area contributed by atoms with Crippen LogP contribution in [0.2, 0.25) is 0 Å². The molecule has 0 amide bonds. The highest BCUT2D eigenvalue weighted by Gasteiger charge is 2.16. The average molecular weight is 301 g/mol. The molecule has 0 atom stereocenters. The Labute approximate surface area is 128 Å². The molecule has 0 unspecified atom stereocenters. The van der Waals surface area contributed by atoms with Crippen molar-refractivity contribution in [2.24, 2.45) is 0 Å². The lowest BCUT2D eigenvalue weighted by molar-refractivity contribution is -0.384. The Bertz CT molecular complexity index is 695. The molecular weight excluding hydrogens is 282 g/mol. The third-order valence-electron chi connectivity index (χ3n) is 3.95. The molecule has 22 heavy (non-hydrogen) atoms. The Kier molecular flexibility index (Phi) is 4.04. The number of anilines is 1. The van der Waals surface area contributed by atoms with Gasteiger partial charge in [0.1, 0.15) is 17.3 Å². The van der Waals surface area contributed by atoms with E-state index in [9.17, 15) is 10.1 Å². The Morgan fingerprint density at radius 2 is 2.23 bits per heavy atom. The van der Waals surface area contributed by atoms with Crippen LogP contribution in [0.15, 0.2) is 18.2 Å². The second-order valence-corrected chi connectivity index (χ2v) is 5.60. The molecule has 0 fully saturated rings. The van der Waals surface area contributed by atoms with Crippen LogP contribution in [0.3, 0.4) is 0 Å². The summed E-state index contributed by atoms with van der Waals surface area (Å²) in [7, 11) is 0. The van der Waals surface area contributed by atoms with E-state index in [1.807, 2.05) is 13.0 Å². The minimum atomic E-state index is -0.353. The summed E-state index contributed by atoms with van der Waals surface area (Å²) < 4.78 is 2.18. The van der Waals surface area contributed by atoms with Crippen LogP contribution in [0, 0.1) is 17.0 Å². The second-order valence-electron chi connectivity index (χ2n) is 5.60. The van der Waals surface area contributed by atoms with Gasteiger partial charge in [-0.05, 0) is 31.4 Å². The third-order valence-corrected chi connectivity index (χ3v) is 3.95. The van der Waals surface area contributed by atoms with Crippen LogP contribution in [0.1, 0.15) is 30.1 Å². The Morgan fingerprint density at radius 3 is 3.05 bits per heavy atom. The summed E-state index contributed by atoms with van der Waals surface area (Å²) >= 11 is 0. The van der Waals surface area contributed by atoms with Crippen LogP contribution in [0.25, 0.3) is 0 Å². The van der Waals surface area contributed by atoms with Crippen LogP contribution < -0.4 is 5.32 Å². The van der Waals surface area contributed by atoms with Crippen molar-refractivity contribution in [3.8, 4) is 0 Å². The molecule has 0 spiro atoms. The van der Waals surface area contributed by atoms with Gasteiger partial charge in [0.2, 0.25) is 0 Å². The molecule has 0 bridgehead atoms. The Morgan fingerprint density at radius 1 is 1.36 bits per heavy atom. The molecule has 1 aliphatic heterocycles. The van der Waals surface area contributed by atoms with Crippen LogP contribution in [-0.2, 0) is 19.4 Å². The minimum Gasteiger partial charge on any atom is -0.379 e. The van der Waals surface area contributed by atoms with Crippen molar-refractivity contribution < 1.29 is 4.92 Å². The number of nitro groups is 1. The highest BCUT2D eigenvalue weighted by molar-refractivity contribution is 5.62. The number of rotatable bonds is 5. The summed E-state index contributed by atoms with van der Waals surface area (Å²) in [5, 5.41) is 22.7. The van der Waals surface area contributed by atoms with Crippen molar-refractivity contribution in [3.63, 3.8) is 0 Å². The first-order valence-electron chi connectivity index (χ1n) is 7.55. The Balaban J connectivity index is 1.66. The number of hydrogen-bond donors (Lipinski definition) is 1. The molecule has 2 aromatic rings. The summed E-state index contributed by atoms with van der Waals surface area (Å²) in [6.07, 6.45) is 4.03. The van der Waals surface area contributed by atoms with Gasteiger partial charge in [0.25, 0.3) is 5.69 Å².